The molecule has 0 radical (unpaired) electrons. The summed E-state index contributed by atoms with van der Waals surface area (Å²) in [6.45, 7) is 0. The zero-order chi connectivity index (χ0) is 12.7. The van der Waals surface area contributed by atoms with Gasteiger partial charge < -0.3 is 9.72 Å². The van der Waals surface area contributed by atoms with E-state index in [0.29, 0.717) is 11.0 Å². The van der Waals surface area contributed by atoms with Gasteiger partial charge >= 0.3 is 12.3 Å². The van der Waals surface area contributed by atoms with Crippen LogP contribution in [0.1, 0.15) is 0 Å². The summed E-state index contributed by atoms with van der Waals surface area (Å²) in [4.78, 5) is 6.35. The maximum atomic E-state index is 12.6. The van der Waals surface area contributed by atoms with Gasteiger partial charge in [-0.1, -0.05) is 0 Å². The molecule has 0 aliphatic carbocycles. The maximum absolute atomic E-state index is 12.6. The highest BCUT2D eigenvalue weighted by Crippen LogP contribution is 2.37. The molecule has 2 rings (SSSR count). The predicted octanol–water partition coefficient (Wildman–Crippen LogP) is 3.10. The first-order chi connectivity index (χ1) is 7.79. The zero-order valence-electron chi connectivity index (χ0n) is 8.05. The van der Waals surface area contributed by atoms with E-state index in [4.69, 9.17) is 0 Å². The Bertz CT molecular complexity index is 533. The summed E-state index contributed by atoms with van der Waals surface area (Å²) >= 11 is 0. The van der Waals surface area contributed by atoms with Crippen molar-refractivity contribution in [2.45, 2.75) is 12.3 Å². The monoisotopic (exact) mass is 252 g/mol. The van der Waals surface area contributed by atoms with Crippen molar-refractivity contribution in [3.05, 3.63) is 24.5 Å². The van der Waals surface area contributed by atoms with Gasteiger partial charge in [-0.3, -0.25) is 0 Å². The molecule has 1 N–H and O–H groups in total. The van der Waals surface area contributed by atoms with Crippen molar-refractivity contribution in [2.75, 3.05) is 0 Å². The van der Waals surface area contributed by atoms with Crippen LogP contribution in [0.2, 0.25) is 0 Å². The number of benzene rings is 1. The number of halogens is 5. The average Bonchev–Trinajstić information content (AvgIpc) is 2.62. The van der Waals surface area contributed by atoms with Gasteiger partial charge in [-0.05, 0) is 12.1 Å². The van der Waals surface area contributed by atoms with Gasteiger partial charge in [-0.2, -0.15) is 22.0 Å². The van der Waals surface area contributed by atoms with E-state index >= 15 is 0 Å². The number of aromatic amines is 1. The molecule has 0 saturated heterocycles. The smallest absolute Gasteiger partial charge is 0.426 e. The molecule has 1 heterocycles. The molecule has 0 spiro atoms. The molecule has 1 aromatic heterocycles. The van der Waals surface area contributed by atoms with E-state index in [-0.39, 0.29) is 0 Å². The van der Waals surface area contributed by atoms with Gasteiger partial charge in [0.05, 0.1) is 17.4 Å². The van der Waals surface area contributed by atoms with E-state index in [0.717, 1.165) is 12.1 Å². The number of ether oxygens (including phenoxy) is 1. The number of fused-ring (bicyclic) bond motifs is 1. The third kappa shape index (κ3) is 2.15. The van der Waals surface area contributed by atoms with E-state index < -0.39 is 18.0 Å². The molecule has 0 unspecified atom stereocenters. The Kier molecular flexibility index (Phi) is 2.44. The first-order valence-electron chi connectivity index (χ1n) is 4.36. The first kappa shape index (κ1) is 11.6. The number of alkyl halides is 5. The van der Waals surface area contributed by atoms with Crippen molar-refractivity contribution in [3.63, 3.8) is 0 Å². The summed E-state index contributed by atoms with van der Waals surface area (Å²) in [7, 11) is 0. The molecule has 0 bridgehead atoms. The van der Waals surface area contributed by atoms with E-state index in [1.807, 2.05) is 0 Å². The van der Waals surface area contributed by atoms with Crippen molar-refractivity contribution in [2.24, 2.45) is 0 Å². The summed E-state index contributed by atoms with van der Waals surface area (Å²) in [6, 6.07) is 3.28. The lowest BCUT2D eigenvalue weighted by atomic mass is 10.3. The van der Waals surface area contributed by atoms with Crippen LogP contribution < -0.4 is 4.74 Å². The fourth-order valence-electron chi connectivity index (χ4n) is 1.18. The lowest BCUT2D eigenvalue weighted by molar-refractivity contribution is -0.360. The first-order valence-corrected chi connectivity index (χ1v) is 4.36. The number of aromatic nitrogens is 2. The van der Waals surface area contributed by atoms with Crippen LogP contribution in [0.3, 0.4) is 0 Å². The Morgan fingerprint density at radius 1 is 1.12 bits per heavy atom. The number of hydrogen-bond acceptors (Lipinski definition) is 2. The molecule has 2 aromatic rings. The van der Waals surface area contributed by atoms with E-state index in [1.54, 1.807) is 0 Å². The van der Waals surface area contributed by atoms with Gasteiger partial charge in [-0.25, -0.2) is 4.98 Å². The van der Waals surface area contributed by atoms with E-state index in [1.165, 1.54) is 12.4 Å². The van der Waals surface area contributed by atoms with Crippen LogP contribution in [0.5, 0.6) is 5.75 Å². The van der Waals surface area contributed by atoms with Gasteiger partial charge in [-0.15, -0.1) is 0 Å². The molecular weight excluding hydrogens is 247 g/mol. The minimum Gasteiger partial charge on any atom is -0.426 e. The quantitative estimate of drug-likeness (QED) is 0.834. The van der Waals surface area contributed by atoms with Crippen LogP contribution in [0.15, 0.2) is 24.5 Å². The highest BCUT2D eigenvalue weighted by Gasteiger charge is 2.61. The average molecular weight is 252 g/mol. The summed E-state index contributed by atoms with van der Waals surface area (Å²) in [6.07, 6.45) is -9.69. The largest absolute Gasteiger partial charge is 0.499 e. The SMILES string of the molecule is FC(F)(F)C(F)(F)Oc1ccc2nc[nH]c2c1. The molecule has 0 atom stereocenters. The molecule has 8 heteroatoms. The Morgan fingerprint density at radius 2 is 1.82 bits per heavy atom. The molecule has 0 saturated carbocycles. The highest BCUT2D eigenvalue weighted by molar-refractivity contribution is 5.75. The third-order valence-corrected chi connectivity index (χ3v) is 1.97. The van der Waals surface area contributed by atoms with Gasteiger partial charge in [0.1, 0.15) is 5.75 Å². The van der Waals surface area contributed by atoms with Crippen LogP contribution in [0.4, 0.5) is 22.0 Å². The lowest BCUT2D eigenvalue weighted by Crippen LogP contribution is -2.41. The van der Waals surface area contributed by atoms with Gasteiger partial charge in [0, 0.05) is 6.07 Å². The summed E-state index contributed by atoms with van der Waals surface area (Å²) in [5.74, 6) is -0.593. The highest BCUT2D eigenvalue weighted by atomic mass is 19.4. The molecule has 0 aliphatic heterocycles. The molecule has 92 valence electrons. The van der Waals surface area contributed by atoms with Crippen molar-refractivity contribution in [1.29, 1.82) is 0 Å². The molecule has 0 amide bonds. The Balaban J connectivity index is 2.29. The standard InChI is InChI=1S/C9H5F5N2O/c10-8(11,12)9(13,14)17-5-1-2-6-7(3-5)16-4-15-6/h1-4H,(H,15,16). The van der Waals surface area contributed by atoms with Gasteiger partial charge in [0.25, 0.3) is 0 Å². The summed E-state index contributed by atoms with van der Waals surface area (Å²) in [5, 5.41) is 0. The topological polar surface area (TPSA) is 37.9 Å². The second-order valence-corrected chi connectivity index (χ2v) is 3.20. The zero-order valence-corrected chi connectivity index (χ0v) is 8.05. The minimum atomic E-state index is -5.75. The van der Waals surface area contributed by atoms with Gasteiger partial charge in [0.2, 0.25) is 0 Å². The third-order valence-electron chi connectivity index (χ3n) is 1.97. The van der Waals surface area contributed by atoms with Crippen molar-refractivity contribution in [1.82, 2.24) is 9.97 Å². The van der Waals surface area contributed by atoms with Crippen LogP contribution in [0.25, 0.3) is 11.0 Å². The Labute approximate surface area is 91.2 Å². The fourth-order valence-corrected chi connectivity index (χ4v) is 1.18. The number of rotatable bonds is 2. The second kappa shape index (κ2) is 3.57. The van der Waals surface area contributed by atoms with Crippen molar-refractivity contribution < 1.29 is 26.7 Å². The number of nitrogens with zero attached hydrogens (tertiary/aromatic N) is 1. The number of imidazole rings is 1. The number of hydrogen-bond donors (Lipinski definition) is 1. The van der Waals surface area contributed by atoms with E-state index in [2.05, 4.69) is 14.7 Å². The number of nitrogens with one attached hydrogen (secondary N) is 1. The van der Waals surface area contributed by atoms with Crippen LogP contribution >= 0.6 is 0 Å². The van der Waals surface area contributed by atoms with E-state index in [9.17, 15) is 22.0 Å². The predicted molar refractivity (Wildman–Crippen MR) is 47.7 cm³/mol. The summed E-state index contributed by atoms with van der Waals surface area (Å²) in [5.41, 5.74) is 0.744. The number of H-pyrrole nitrogens is 1. The Hall–Kier alpha value is -1.86. The second-order valence-electron chi connectivity index (χ2n) is 3.20. The maximum Gasteiger partial charge on any atom is 0.499 e. The molecule has 3 nitrogen and oxygen atoms in total. The molecular formula is C9H5F5N2O. The summed E-state index contributed by atoms with van der Waals surface area (Å²) < 4.78 is 64.4. The lowest BCUT2D eigenvalue weighted by Gasteiger charge is -2.19. The molecule has 0 aliphatic rings. The van der Waals surface area contributed by atoms with Crippen molar-refractivity contribution in [3.8, 4) is 5.75 Å². The van der Waals surface area contributed by atoms with Crippen LogP contribution in [-0.4, -0.2) is 22.3 Å². The normalized spacial score (nSPS) is 13.0. The molecule has 17 heavy (non-hydrogen) atoms. The molecule has 1 aromatic carbocycles. The minimum absolute atomic E-state index is 0.306. The molecule has 0 fully saturated rings. The Morgan fingerprint density at radius 3 is 2.47 bits per heavy atom. The van der Waals surface area contributed by atoms with Crippen molar-refractivity contribution >= 4 is 11.0 Å². The van der Waals surface area contributed by atoms with Crippen LogP contribution in [-0.2, 0) is 0 Å². The van der Waals surface area contributed by atoms with Crippen LogP contribution in [0, 0.1) is 0 Å². The fraction of sp³-hybridized carbons (Fsp3) is 0.222. The van der Waals surface area contributed by atoms with Gasteiger partial charge in [0.15, 0.2) is 0 Å².